The molecule has 2 heterocycles. The summed E-state index contributed by atoms with van der Waals surface area (Å²) >= 11 is 0. The highest BCUT2D eigenvalue weighted by Crippen LogP contribution is 2.30. The molecule has 1 aliphatic heterocycles. The van der Waals surface area contributed by atoms with E-state index in [1.807, 2.05) is 6.92 Å². The van der Waals surface area contributed by atoms with E-state index in [4.69, 9.17) is 0 Å². The number of aryl methyl sites for hydroxylation is 1. The smallest absolute Gasteiger partial charge is 0.311 e. The van der Waals surface area contributed by atoms with Crippen molar-refractivity contribution < 1.29 is 9.90 Å². The Hall–Kier alpha value is -1.43. The maximum absolute atomic E-state index is 11.5. The Bertz CT molecular complexity index is 396. The van der Waals surface area contributed by atoms with Crippen molar-refractivity contribution >= 4 is 5.97 Å². The summed E-state index contributed by atoms with van der Waals surface area (Å²) in [6, 6.07) is 0. The van der Waals surface area contributed by atoms with E-state index in [1.165, 1.54) is 6.33 Å². The van der Waals surface area contributed by atoms with Crippen LogP contribution in [0.1, 0.15) is 25.6 Å². The van der Waals surface area contributed by atoms with E-state index in [0.29, 0.717) is 19.4 Å². The fourth-order valence-corrected chi connectivity index (χ4v) is 2.37. The normalized spacial score (nSPS) is 24.8. The molecule has 1 atom stereocenters. The number of carboxylic acid groups (broad SMARTS) is 1. The van der Waals surface area contributed by atoms with E-state index < -0.39 is 11.4 Å². The summed E-state index contributed by atoms with van der Waals surface area (Å²) in [7, 11) is 0. The van der Waals surface area contributed by atoms with Crippen molar-refractivity contribution in [3.8, 4) is 0 Å². The lowest BCUT2D eigenvalue weighted by atomic mass is 9.77. The highest BCUT2D eigenvalue weighted by atomic mass is 16.4. The summed E-state index contributed by atoms with van der Waals surface area (Å²) in [4.78, 5) is 15.7. The first-order valence-electron chi connectivity index (χ1n) is 5.99. The van der Waals surface area contributed by atoms with Crippen molar-refractivity contribution in [2.75, 3.05) is 13.1 Å². The molecule has 0 spiro atoms. The molecule has 6 heteroatoms. The van der Waals surface area contributed by atoms with Crippen molar-refractivity contribution in [3.63, 3.8) is 0 Å². The Morgan fingerprint density at radius 2 is 2.53 bits per heavy atom. The van der Waals surface area contributed by atoms with Crippen molar-refractivity contribution in [3.05, 3.63) is 12.2 Å². The van der Waals surface area contributed by atoms with E-state index in [2.05, 4.69) is 15.4 Å². The van der Waals surface area contributed by atoms with Gasteiger partial charge in [-0.3, -0.25) is 9.48 Å². The van der Waals surface area contributed by atoms with Gasteiger partial charge in [-0.05, 0) is 26.3 Å². The number of carboxylic acids is 1. The summed E-state index contributed by atoms with van der Waals surface area (Å²) < 4.78 is 1.76. The molecule has 1 aliphatic rings. The Balaban J connectivity index is 2.20. The van der Waals surface area contributed by atoms with Gasteiger partial charge in [0.1, 0.15) is 12.2 Å². The number of rotatable bonds is 4. The van der Waals surface area contributed by atoms with Crippen molar-refractivity contribution in [1.82, 2.24) is 20.1 Å². The molecule has 2 N–H and O–H groups in total. The summed E-state index contributed by atoms with van der Waals surface area (Å²) in [6.07, 6.45) is 3.53. The first-order chi connectivity index (χ1) is 8.18. The summed E-state index contributed by atoms with van der Waals surface area (Å²) in [6.45, 7) is 4.11. The van der Waals surface area contributed by atoms with Crippen LogP contribution in [0.3, 0.4) is 0 Å². The van der Waals surface area contributed by atoms with E-state index in [-0.39, 0.29) is 0 Å². The van der Waals surface area contributed by atoms with Crippen LogP contribution in [0.2, 0.25) is 0 Å². The fraction of sp³-hybridized carbons (Fsp3) is 0.727. The minimum absolute atomic E-state index is 0.448. The third-order valence-electron chi connectivity index (χ3n) is 3.42. The van der Waals surface area contributed by atoms with Crippen LogP contribution in [-0.4, -0.2) is 38.9 Å². The molecule has 0 aliphatic carbocycles. The summed E-state index contributed by atoms with van der Waals surface area (Å²) in [5.74, 6) is 0.0222. The molecule has 0 bridgehead atoms. The van der Waals surface area contributed by atoms with Gasteiger partial charge in [-0.15, -0.1) is 0 Å². The molecule has 0 amide bonds. The molecule has 6 nitrogen and oxygen atoms in total. The largest absolute Gasteiger partial charge is 0.481 e. The predicted octanol–water partition coefficient (Wildman–Crippen LogP) is 0.295. The molecule has 2 rings (SSSR count). The summed E-state index contributed by atoms with van der Waals surface area (Å²) in [5.41, 5.74) is -0.724. The zero-order valence-corrected chi connectivity index (χ0v) is 10.0. The highest BCUT2D eigenvalue weighted by molar-refractivity contribution is 5.75. The van der Waals surface area contributed by atoms with Gasteiger partial charge in [0.2, 0.25) is 0 Å². The van der Waals surface area contributed by atoms with Crippen LogP contribution in [0.5, 0.6) is 0 Å². The molecule has 1 aromatic rings. The van der Waals surface area contributed by atoms with Crippen LogP contribution in [0.15, 0.2) is 6.33 Å². The van der Waals surface area contributed by atoms with Crippen LogP contribution < -0.4 is 5.32 Å². The number of aliphatic carboxylic acids is 1. The van der Waals surface area contributed by atoms with Crippen LogP contribution >= 0.6 is 0 Å². The first kappa shape index (κ1) is 12.0. The number of nitrogens with one attached hydrogen (secondary N) is 1. The molecule has 1 saturated heterocycles. The van der Waals surface area contributed by atoms with Crippen LogP contribution in [0, 0.1) is 5.41 Å². The Kier molecular flexibility index (Phi) is 3.42. The quantitative estimate of drug-likeness (QED) is 0.788. The average molecular weight is 238 g/mol. The second-order valence-corrected chi connectivity index (χ2v) is 4.53. The number of hydrogen-bond acceptors (Lipinski definition) is 4. The maximum atomic E-state index is 11.5. The van der Waals surface area contributed by atoms with Gasteiger partial charge in [0.15, 0.2) is 0 Å². The van der Waals surface area contributed by atoms with Crippen molar-refractivity contribution in [2.24, 2.45) is 5.41 Å². The van der Waals surface area contributed by atoms with Crippen molar-refractivity contribution in [2.45, 2.75) is 32.7 Å². The van der Waals surface area contributed by atoms with E-state index in [9.17, 15) is 9.90 Å². The lowest BCUT2D eigenvalue weighted by Crippen LogP contribution is -2.47. The molecule has 0 radical (unpaired) electrons. The van der Waals surface area contributed by atoms with Gasteiger partial charge in [0.25, 0.3) is 0 Å². The number of hydrogen-bond donors (Lipinski definition) is 2. The van der Waals surface area contributed by atoms with Gasteiger partial charge in [-0.1, -0.05) is 0 Å². The van der Waals surface area contributed by atoms with Gasteiger partial charge in [-0.25, -0.2) is 4.98 Å². The van der Waals surface area contributed by atoms with Crippen LogP contribution in [0.25, 0.3) is 0 Å². The van der Waals surface area contributed by atoms with E-state index >= 15 is 0 Å². The van der Waals surface area contributed by atoms with Gasteiger partial charge < -0.3 is 10.4 Å². The number of aromatic nitrogens is 3. The second kappa shape index (κ2) is 4.83. The summed E-state index contributed by atoms with van der Waals surface area (Å²) in [5, 5.41) is 16.7. The lowest BCUT2D eigenvalue weighted by molar-refractivity contribution is -0.150. The molecule has 1 unspecified atom stereocenters. The third-order valence-corrected chi connectivity index (χ3v) is 3.42. The number of piperidine rings is 1. The van der Waals surface area contributed by atoms with Crippen LogP contribution in [0.4, 0.5) is 0 Å². The third kappa shape index (κ3) is 2.31. The molecule has 94 valence electrons. The maximum Gasteiger partial charge on any atom is 0.311 e. The minimum atomic E-state index is -0.740. The molecule has 17 heavy (non-hydrogen) atoms. The van der Waals surface area contributed by atoms with Gasteiger partial charge in [0.05, 0.1) is 5.41 Å². The number of nitrogens with zero attached hydrogens (tertiary/aromatic N) is 3. The monoisotopic (exact) mass is 238 g/mol. The Morgan fingerprint density at radius 3 is 3.12 bits per heavy atom. The molecule has 0 aromatic carbocycles. The molecule has 1 fully saturated rings. The Labute approximate surface area is 100 Å². The highest BCUT2D eigenvalue weighted by Gasteiger charge is 2.41. The van der Waals surface area contributed by atoms with E-state index in [0.717, 1.165) is 25.3 Å². The zero-order chi connectivity index (χ0) is 12.3. The Morgan fingerprint density at radius 1 is 1.71 bits per heavy atom. The average Bonchev–Trinajstić information content (AvgIpc) is 2.77. The van der Waals surface area contributed by atoms with Gasteiger partial charge in [0, 0.05) is 19.5 Å². The van der Waals surface area contributed by atoms with Crippen LogP contribution in [-0.2, 0) is 17.8 Å². The second-order valence-electron chi connectivity index (χ2n) is 4.53. The topological polar surface area (TPSA) is 80.0 Å². The van der Waals surface area contributed by atoms with Gasteiger partial charge in [-0.2, -0.15) is 5.10 Å². The SMILES string of the molecule is CCn1ncnc1CC1(C(=O)O)CCCNC1. The van der Waals surface area contributed by atoms with Crippen molar-refractivity contribution in [1.29, 1.82) is 0 Å². The van der Waals surface area contributed by atoms with E-state index in [1.54, 1.807) is 4.68 Å². The predicted molar refractivity (Wildman–Crippen MR) is 61.6 cm³/mol. The zero-order valence-electron chi connectivity index (χ0n) is 10.0. The number of carbonyl (C=O) groups is 1. The standard InChI is InChI=1S/C11H18N4O2/c1-2-15-9(13-8-14-15)6-11(10(16)17)4-3-5-12-7-11/h8,12H,2-7H2,1H3,(H,16,17). The minimum Gasteiger partial charge on any atom is -0.481 e. The van der Waals surface area contributed by atoms with Gasteiger partial charge >= 0.3 is 5.97 Å². The fourth-order valence-electron chi connectivity index (χ4n) is 2.37. The lowest BCUT2D eigenvalue weighted by Gasteiger charge is -2.33. The first-order valence-corrected chi connectivity index (χ1v) is 5.99. The molecule has 1 aromatic heterocycles. The molecular weight excluding hydrogens is 220 g/mol. The molecular formula is C11H18N4O2. The molecule has 0 saturated carbocycles.